The number of allylic oxidation sites excluding steroid dienone is 2. The lowest BCUT2D eigenvalue weighted by Gasteiger charge is -2.06. The van der Waals surface area contributed by atoms with Gasteiger partial charge in [-0.2, -0.15) is 0 Å². The molecule has 0 bridgehead atoms. The zero-order valence-electron chi connectivity index (χ0n) is 11.7. The fourth-order valence-corrected chi connectivity index (χ4v) is 1.59. The van der Waals surface area contributed by atoms with Crippen LogP contribution in [-0.4, -0.2) is 12.1 Å². The molecule has 0 aromatic carbocycles. The molecule has 0 radical (unpaired) electrons. The highest BCUT2D eigenvalue weighted by Gasteiger charge is 2.03. The Morgan fingerprint density at radius 3 is 2.29 bits per heavy atom. The van der Waals surface area contributed by atoms with E-state index >= 15 is 0 Å². The average molecular weight is 240 g/mol. The van der Waals surface area contributed by atoms with Gasteiger partial charge in [-0.3, -0.25) is 4.79 Å². The molecule has 0 aromatic heterocycles. The summed E-state index contributed by atoms with van der Waals surface area (Å²) >= 11 is 0. The first kappa shape index (κ1) is 16.2. The molecule has 0 spiro atoms. The van der Waals surface area contributed by atoms with E-state index in [1.807, 2.05) is 13.8 Å². The van der Waals surface area contributed by atoms with Crippen LogP contribution >= 0.6 is 0 Å². The fourth-order valence-electron chi connectivity index (χ4n) is 1.59. The number of rotatable bonds is 10. The molecule has 0 aliphatic rings. The molecule has 0 aromatic rings. The molecular formula is C15H28O2. The molecule has 0 atom stereocenters. The molecule has 2 nitrogen and oxygen atoms in total. The normalized spacial score (nSPS) is 11.3. The first-order valence-electron chi connectivity index (χ1n) is 7.01. The minimum atomic E-state index is -0.0570. The van der Waals surface area contributed by atoms with E-state index in [1.165, 1.54) is 25.7 Å². The van der Waals surface area contributed by atoms with Gasteiger partial charge >= 0.3 is 5.97 Å². The molecule has 0 aliphatic carbocycles. The van der Waals surface area contributed by atoms with Crippen LogP contribution in [0.15, 0.2) is 12.2 Å². The largest absolute Gasteiger partial charge is 0.463 e. The van der Waals surface area contributed by atoms with Gasteiger partial charge in [-0.15, -0.1) is 0 Å². The van der Waals surface area contributed by atoms with Crippen LogP contribution in [0.25, 0.3) is 0 Å². The Morgan fingerprint density at radius 1 is 1.06 bits per heavy atom. The van der Waals surface area contributed by atoms with Crippen LogP contribution in [-0.2, 0) is 9.53 Å². The van der Waals surface area contributed by atoms with Crippen molar-refractivity contribution in [2.75, 3.05) is 0 Å². The van der Waals surface area contributed by atoms with E-state index in [4.69, 9.17) is 4.74 Å². The van der Waals surface area contributed by atoms with Gasteiger partial charge in [0, 0.05) is 6.42 Å². The van der Waals surface area contributed by atoms with Crippen LogP contribution < -0.4 is 0 Å². The first-order chi connectivity index (χ1) is 8.16. The third kappa shape index (κ3) is 13.1. The molecule has 0 unspecified atom stereocenters. The molecule has 100 valence electrons. The standard InChI is InChI=1S/C15H28O2/c1-4-5-6-7-8-9-10-11-12-13-15(16)17-14(2)3/h7-8,14H,4-6,9-13H2,1-3H3/b8-7+. The maximum absolute atomic E-state index is 11.2. The third-order valence-corrected chi connectivity index (χ3v) is 2.51. The van der Waals surface area contributed by atoms with Crippen LogP contribution in [0.3, 0.4) is 0 Å². The highest BCUT2D eigenvalue weighted by Crippen LogP contribution is 2.06. The molecule has 0 amide bonds. The van der Waals surface area contributed by atoms with Crippen molar-refractivity contribution in [3.63, 3.8) is 0 Å². The van der Waals surface area contributed by atoms with Crippen molar-refractivity contribution in [2.45, 2.75) is 78.2 Å². The first-order valence-corrected chi connectivity index (χ1v) is 7.01. The smallest absolute Gasteiger partial charge is 0.306 e. The molecule has 0 saturated heterocycles. The van der Waals surface area contributed by atoms with Crippen molar-refractivity contribution in [3.05, 3.63) is 12.2 Å². The summed E-state index contributed by atoms with van der Waals surface area (Å²) in [5, 5.41) is 0. The lowest BCUT2D eigenvalue weighted by atomic mass is 10.1. The Bertz CT molecular complexity index is 207. The predicted molar refractivity (Wildman–Crippen MR) is 73.0 cm³/mol. The number of esters is 1. The number of ether oxygens (including phenoxy) is 1. The maximum Gasteiger partial charge on any atom is 0.306 e. The number of hydrogen-bond donors (Lipinski definition) is 0. The topological polar surface area (TPSA) is 26.3 Å². The lowest BCUT2D eigenvalue weighted by Crippen LogP contribution is -2.10. The second kappa shape index (κ2) is 11.7. The summed E-state index contributed by atoms with van der Waals surface area (Å²) in [6, 6.07) is 0. The fraction of sp³-hybridized carbons (Fsp3) is 0.800. The average Bonchev–Trinajstić information content (AvgIpc) is 2.26. The number of carbonyl (C=O) groups is 1. The Morgan fingerprint density at radius 2 is 1.71 bits per heavy atom. The Kier molecular flexibility index (Phi) is 11.1. The van der Waals surface area contributed by atoms with Crippen molar-refractivity contribution < 1.29 is 9.53 Å². The van der Waals surface area contributed by atoms with Gasteiger partial charge in [0.15, 0.2) is 0 Å². The number of carbonyl (C=O) groups excluding carboxylic acids is 1. The highest BCUT2D eigenvalue weighted by molar-refractivity contribution is 5.69. The van der Waals surface area contributed by atoms with Gasteiger partial charge in [0.25, 0.3) is 0 Å². The van der Waals surface area contributed by atoms with Crippen molar-refractivity contribution >= 4 is 5.97 Å². The van der Waals surface area contributed by atoms with Gasteiger partial charge in [-0.1, -0.05) is 38.3 Å². The van der Waals surface area contributed by atoms with E-state index in [0.29, 0.717) is 6.42 Å². The molecule has 2 heteroatoms. The molecule has 0 N–H and O–H groups in total. The monoisotopic (exact) mass is 240 g/mol. The predicted octanol–water partition coefficient (Wildman–Crippen LogP) is 4.63. The molecule has 0 aliphatic heterocycles. The van der Waals surface area contributed by atoms with Gasteiger partial charge in [0.1, 0.15) is 0 Å². The molecule has 17 heavy (non-hydrogen) atoms. The van der Waals surface area contributed by atoms with Crippen LogP contribution in [0, 0.1) is 0 Å². The summed E-state index contributed by atoms with van der Waals surface area (Å²) in [6.07, 6.45) is 13.3. The van der Waals surface area contributed by atoms with Crippen molar-refractivity contribution in [2.24, 2.45) is 0 Å². The summed E-state index contributed by atoms with van der Waals surface area (Å²) in [6.45, 7) is 5.99. The van der Waals surface area contributed by atoms with E-state index in [1.54, 1.807) is 0 Å². The third-order valence-electron chi connectivity index (χ3n) is 2.51. The van der Waals surface area contributed by atoms with Crippen LogP contribution in [0.2, 0.25) is 0 Å². The molecule has 0 saturated carbocycles. The summed E-state index contributed by atoms with van der Waals surface area (Å²) in [4.78, 5) is 11.2. The van der Waals surface area contributed by atoms with Gasteiger partial charge in [-0.05, 0) is 39.5 Å². The van der Waals surface area contributed by atoms with E-state index in [2.05, 4.69) is 19.1 Å². The van der Waals surface area contributed by atoms with Crippen molar-refractivity contribution in [1.29, 1.82) is 0 Å². The summed E-state index contributed by atoms with van der Waals surface area (Å²) in [5.41, 5.74) is 0. The van der Waals surface area contributed by atoms with E-state index in [-0.39, 0.29) is 12.1 Å². The van der Waals surface area contributed by atoms with Gasteiger partial charge < -0.3 is 4.74 Å². The Labute approximate surface area is 106 Å². The van der Waals surface area contributed by atoms with Crippen LogP contribution in [0.4, 0.5) is 0 Å². The van der Waals surface area contributed by atoms with Gasteiger partial charge in [0.2, 0.25) is 0 Å². The summed E-state index contributed by atoms with van der Waals surface area (Å²) < 4.78 is 5.07. The zero-order valence-corrected chi connectivity index (χ0v) is 11.7. The van der Waals surface area contributed by atoms with Gasteiger partial charge in [0.05, 0.1) is 6.10 Å². The quantitative estimate of drug-likeness (QED) is 0.316. The molecular weight excluding hydrogens is 212 g/mol. The zero-order chi connectivity index (χ0) is 12.9. The van der Waals surface area contributed by atoms with E-state index in [0.717, 1.165) is 19.3 Å². The van der Waals surface area contributed by atoms with Crippen molar-refractivity contribution in [3.8, 4) is 0 Å². The lowest BCUT2D eigenvalue weighted by molar-refractivity contribution is -0.147. The second-order valence-corrected chi connectivity index (χ2v) is 4.75. The van der Waals surface area contributed by atoms with Crippen molar-refractivity contribution in [1.82, 2.24) is 0 Å². The molecule has 0 heterocycles. The van der Waals surface area contributed by atoms with E-state index in [9.17, 15) is 4.79 Å². The highest BCUT2D eigenvalue weighted by atomic mass is 16.5. The SMILES string of the molecule is CCCC/C=C/CCCCCC(=O)OC(C)C. The number of hydrogen-bond acceptors (Lipinski definition) is 2. The van der Waals surface area contributed by atoms with Crippen LogP contribution in [0.1, 0.15) is 72.1 Å². The van der Waals surface area contributed by atoms with Crippen LogP contribution in [0.5, 0.6) is 0 Å². The Hall–Kier alpha value is -0.790. The molecule has 0 rings (SSSR count). The summed E-state index contributed by atoms with van der Waals surface area (Å²) in [5.74, 6) is -0.0570. The van der Waals surface area contributed by atoms with Gasteiger partial charge in [-0.25, -0.2) is 0 Å². The summed E-state index contributed by atoms with van der Waals surface area (Å²) in [7, 11) is 0. The second-order valence-electron chi connectivity index (χ2n) is 4.75. The Balaban J connectivity index is 3.23. The molecule has 0 fully saturated rings. The minimum absolute atomic E-state index is 0.0176. The maximum atomic E-state index is 11.2. The van der Waals surface area contributed by atoms with E-state index < -0.39 is 0 Å². The minimum Gasteiger partial charge on any atom is -0.463 e. The number of unbranched alkanes of at least 4 members (excludes halogenated alkanes) is 5.